The number of hydrogen-bond acceptors (Lipinski definition) is 4. The number of hydrogen-bond donors (Lipinski definition) is 1. The lowest BCUT2D eigenvalue weighted by Gasteiger charge is -2.22. The van der Waals surface area contributed by atoms with Crippen molar-refractivity contribution in [3.63, 3.8) is 0 Å². The van der Waals surface area contributed by atoms with Gasteiger partial charge in [0.15, 0.2) is 5.03 Å². The van der Waals surface area contributed by atoms with Gasteiger partial charge in [-0.15, -0.1) is 0 Å². The van der Waals surface area contributed by atoms with Crippen LogP contribution in [0.3, 0.4) is 0 Å². The number of anilines is 1. The molecule has 0 bridgehead atoms. The van der Waals surface area contributed by atoms with Crippen molar-refractivity contribution in [2.45, 2.75) is 25.8 Å². The maximum atomic E-state index is 12.3. The normalized spacial score (nSPS) is 12.3. The number of sulfonamides is 1. The van der Waals surface area contributed by atoms with Crippen molar-refractivity contribution in [3.05, 3.63) is 18.3 Å². The van der Waals surface area contributed by atoms with Gasteiger partial charge in [-0.1, -0.05) is 20.8 Å². The topological polar surface area (TPSA) is 76.3 Å². The highest BCUT2D eigenvalue weighted by Gasteiger charge is 2.26. The van der Waals surface area contributed by atoms with Crippen LogP contribution in [-0.2, 0) is 10.0 Å². The van der Waals surface area contributed by atoms with E-state index in [1.165, 1.54) is 10.5 Å². The first kappa shape index (κ1) is 13.9. The van der Waals surface area contributed by atoms with Crippen molar-refractivity contribution in [2.24, 2.45) is 5.92 Å². The van der Waals surface area contributed by atoms with Gasteiger partial charge in [-0.25, -0.2) is 13.4 Å². The molecular weight excluding hydrogens is 238 g/mol. The molecule has 0 amide bonds. The number of rotatable bonds is 5. The van der Waals surface area contributed by atoms with Gasteiger partial charge in [0.2, 0.25) is 0 Å². The van der Waals surface area contributed by atoms with Gasteiger partial charge >= 0.3 is 0 Å². The summed E-state index contributed by atoms with van der Waals surface area (Å²) in [6, 6.07) is 3.16. The van der Waals surface area contributed by atoms with E-state index in [-0.39, 0.29) is 16.6 Å². The fourth-order valence-electron chi connectivity index (χ4n) is 1.55. The van der Waals surface area contributed by atoms with Crippen LogP contribution in [0.25, 0.3) is 0 Å². The van der Waals surface area contributed by atoms with E-state index in [4.69, 9.17) is 5.73 Å². The largest absolute Gasteiger partial charge is 0.396 e. The zero-order valence-corrected chi connectivity index (χ0v) is 11.2. The summed E-state index contributed by atoms with van der Waals surface area (Å²) >= 11 is 0. The van der Waals surface area contributed by atoms with Crippen LogP contribution < -0.4 is 5.73 Å². The molecular formula is C11H19N3O2S. The number of nitrogens with zero attached hydrogens (tertiary/aromatic N) is 2. The van der Waals surface area contributed by atoms with E-state index < -0.39 is 10.0 Å². The van der Waals surface area contributed by atoms with Crippen molar-refractivity contribution in [3.8, 4) is 0 Å². The van der Waals surface area contributed by atoms with Gasteiger partial charge in [-0.2, -0.15) is 4.31 Å². The highest BCUT2D eigenvalue weighted by molar-refractivity contribution is 7.89. The molecule has 5 nitrogen and oxygen atoms in total. The molecule has 0 aliphatic carbocycles. The van der Waals surface area contributed by atoms with Crippen LogP contribution >= 0.6 is 0 Å². The maximum absolute atomic E-state index is 12.3. The third-order valence-corrected chi connectivity index (χ3v) is 4.22. The molecule has 0 unspecified atom stereocenters. The highest BCUT2D eigenvalue weighted by atomic mass is 32.2. The second-order valence-electron chi connectivity index (χ2n) is 4.25. The first-order valence-electron chi connectivity index (χ1n) is 5.60. The minimum absolute atomic E-state index is 0.0532. The Morgan fingerprint density at radius 2 is 2.12 bits per heavy atom. The minimum atomic E-state index is -3.58. The Hall–Kier alpha value is -1.14. The third-order valence-electron chi connectivity index (χ3n) is 2.31. The molecule has 0 saturated carbocycles. The summed E-state index contributed by atoms with van der Waals surface area (Å²) in [5, 5.41) is -0.0532. The van der Waals surface area contributed by atoms with Crippen molar-refractivity contribution >= 4 is 15.7 Å². The van der Waals surface area contributed by atoms with E-state index in [9.17, 15) is 8.42 Å². The van der Waals surface area contributed by atoms with E-state index in [2.05, 4.69) is 4.98 Å². The van der Waals surface area contributed by atoms with Crippen LogP contribution in [0.1, 0.15) is 20.8 Å². The molecule has 0 aromatic carbocycles. The molecule has 6 heteroatoms. The molecule has 0 atom stereocenters. The van der Waals surface area contributed by atoms with E-state index in [1.54, 1.807) is 19.1 Å². The molecule has 0 fully saturated rings. The SMILES string of the molecule is CCN(CC(C)C)S(=O)(=O)c1ncccc1N. The summed E-state index contributed by atoms with van der Waals surface area (Å²) in [6.45, 7) is 6.63. The molecule has 96 valence electrons. The lowest BCUT2D eigenvalue weighted by atomic mass is 10.2. The Morgan fingerprint density at radius 1 is 1.47 bits per heavy atom. The lowest BCUT2D eigenvalue weighted by Crippen LogP contribution is -2.34. The monoisotopic (exact) mass is 257 g/mol. The van der Waals surface area contributed by atoms with Crippen LogP contribution in [0, 0.1) is 5.92 Å². The van der Waals surface area contributed by atoms with Crippen molar-refractivity contribution in [1.29, 1.82) is 0 Å². The van der Waals surface area contributed by atoms with Gasteiger partial charge in [0.25, 0.3) is 10.0 Å². The van der Waals surface area contributed by atoms with Gasteiger partial charge in [0.05, 0.1) is 5.69 Å². The maximum Gasteiger partial charge on any atom is 0.262 e. The molecule has 1 heterocycles. The summed E-state index contributed by atoms with van der Waals surface area (Å²) in [6.07, 6.45) is 1.44. The van der Waals surface area contributed by atoms with Gasteiger partial charge in [-0.05, 0) is 18.1 Å². The summed E-state index contributed by atoms with van der Waals surface area (Å²) < 4.78 is 26.0. The number of aromatic nitrogens is 1. The zero-order chi connectivity index (χ0) is 13.1. The molecule has 1 aromatic heterocycles. The van der Waals surface area contributed by atoms with E-state index in [1.807, 2.05) is 13.8 Å². The summed E-state index contributed by atoms with van der Waals surface area (Å²) in [4.78, 5) is 3.87. The quantitative estimate of drug-likeness (QED) is 0.863. The average Bonchev–Trinajstić information content (AvgIpc) is 2.25. The molecule has 17 heavy (non-hydrogen) atoms. The summed E-state index contributed by atoms with van der Waals surface area (Å²) in [7, 11) is -3.58. The molecule has 0 radical (unpaired) electrons. The fraction of sp³-hybridized carbons (Fsp3) is 0.545. The van der Waals surface area contributed by atoms with Gasteiger partial charge in [0.1, 0.15) is 0 Å². The Morgan fingerprint density at radius 3 is 2.59 bits per heavy atom. The molecule has 0 aliphatic heterocycles. The molecule has 2 N–H and O–H groups in total. The predicted octanol–water partition coefficient (Wildman–Crippen LogP) is 1.33. The van der Waals surface area contributed by atoms with Gasteiger partial charge < -0.3 is 5.73 Å². The second kappa shape index (κ2) is 5.46. The first-order valence-corrected chi connectivity index (χ1v) is 7.04. The van der Waals surface area contributed by atoms with Gasteiger partial charge in [-0.3, -0.25) is 0 Å². The Bertz CT molecular complexity index is 471. The smallest absolute Gasteiger partial charge is 0.262 e. The Labute approximate surface area is 103 Å². The predicted molar refractivity (Wildman–Crippen MR) is 67.9 cm³/mol. The standard InChI is InChI=1S/C11H19N3O2S/c1-4-14(8-9(2)3)17(15,16)11-10(12)6-5-7-13-11/h5-7,9H,4,8,12H2,1-3H3. The minimum Gasteiger partial charge on any atom is -0.396 e. The molecule has 0 aliphatic rings. The first-order chi connectivity index (χ1) is 7.89. The molecule has 0 saturated heterocycles. The van der Waals surface area contributed by atoms with Crippen LogP contribution in [0.15, 0.2) is 23.4 Å². The van der Waals surface area contributed by atoms with Crippen molar-refractivity contribution in [2.75, 3.05) is 18.8 Å². The Balaban J connectivity index is 3.14. The number of pyridine rings is 1. The number of nitrogens with two attached hydrogens (primary N) is 1. The summed E-state index contributed by atoms with van der Waals surface area (Å²) in [5.41, 5.74) is 5.85. The van der Waals surface area contributed by atoms with E-state index in [0.717, 1.165) is 0 Å². The molecule has 1 aromatic rings. The van der Waals surface area contributed by atoms with Gasteiger partial charge in [0, 0.05) is 19.3 Å². The second-order valence-corrected chi connectivity index (χ2v) is 6.10. The fourth-order valence-corrected chi connectivity index (χ4v) is 3.18. The van der Waals surface area contributed by atoms with Crippen molar-refractivity contribution < 1.29 is 8.42 Å². The molecule has 0 spiro atoms. The Kier molecular flexibility index (Phi) is 4.47. The third kappa shape index (κ3) is 3.17. The number of nitrogen functional groups attached to an aromatic ring is 1. The summed E-state index contributed by atoms with van der Waals surface area (Å²) in [5.74, 6) is 0.259. The lowest BCUT2D eigenvalue weighted by molar-refractivity contribution is 0.379. The molecule has 1 rings (SSSR count). The zero-order valence-electron chi connectivity index (χ0n) is 10.4. The van der Waals surface area contributed by atoms with E-state index >= 15 is 0 Å². The van der Waals surface area contributed by atoms with Crippen LogP contribution in [0.2, 0.25) is 0 Å². The highest BCUT2D eigenvalue weighted by Crippen LogP contribution is 2.19. The van der Waals surface area contributed by atoms with Crippen LogP contribution in [0.5, 0.6) is 0 Å². The van der Waals surface area contributed by atoms with Crippen LogP contribution in [0.4, 0.5) is 5.69 Å². The van der Waals surface area contributed by atoms with Crippen molar-refractivity contribution in [1.82, 2.24) is 9.29 Å². The average molecular weight is 257 g/mol. The van der Waals surface area contributed by atoms with Crippen LogP contribution in [-0.4, -0.2) is 30.8 Å². The van der Waals surface area contributed by atoms with E-state index in [0.29, 0.717) is 13.1 Å².